The van der Waals surface area contributed by atoms with Crippen LogP contribution in [-0.4, -0.2) is 13.3 Å². The number of benzene rings is 2. The summed E-state index contributed by atoms with van der Waals surface area (Å²) in [5.74, 6) is 1.22. The minimum Gasteiger partial charge on any atom is -0.491 e. The molecule has 0 saturated carbocycles. The maximum absolute atomic E-state index is 12.0. The van der Waals surface area contributed by atoms with E-state index in [0.29, 0.717) is 28.2 Å². The molecular formula is C15H13Cl2FO2. The lowest BCUT2D eigenvalue weighted by atomic mass is 10.2. The van der Waals surface area contributed by atoms with Crippen molar-refractivity contribution in [1.29, 1.82) is 0 Å². The lowest BCUT2D eigenvalue weighted by Crippen LogP contribution is -1.99. The first-order chi connectivity index (χ1) is 9.69. The summed E-state index contributed by atoms with van der Waals surface area (Å²) in [6.07, 6.45) is 0. The van der Waals surface area contributed by atoms with Gasteiger partial charge in [0.25, 0.3) is 0 Å². The third-order valence-electron chi connectivity index (χ3n) is 2.54. The number of halogens is 3. The van der Waals surface area contributed by atoms with Crippen molar-refractivity contribution in [2.45, 2.75) is 6.61 Å². The van der Waals surface area contributed by atoms with Crippen molar-refractivity contribution in [3.8, 4) is 11.5 Å². The molecule has 2 nitrogen and oxygen atoms in total. The molecule has 0 aromatic heterocycles. The van der Waals surface area contributed by atoms with Gasteiger partial charge in [0, 0.05) is 6.07 Å². The average Bonchev–Trinajstić information content (AvgIpc) is 2.47. The number of hydrogen-bond acceptors (Lipinski definition) is 2. The van der Waals surface area contributed by atoms with E-state index in [1.165, 1.54) is 0 Å². The molecule has 0 aliphatic heterocycles. The molecular weight excluding hydrogens is 302 g/mol. The molecule has 20 heavy (non-hydrogen) atoms. The molecule has 0 fully saturated rings. The molecule has 106 valence electrons. The first-order valence-electron chi connectivity index (χ1n) is 6.04. The Morgan fingerprint density at radius 1 is 0.900 bits per heavy atom. The van der Waals surface area contributed by atoms with E-state index < -0.39 is 6.67 Å². The molecule has 0 aliphatic carbocycles. The Balaban J connectivity index is 1.97. The zero-order chi connectivity index (χ0) is 14.4. The predicted octanol–water partition coefficient (Wildman–Crippen LogP) is 4.92. The van der Waals surface area contributed by atoms with Crippen LogP contribution in [0, 0.1) is 0 Å². The number of alkyl halides is 1. The second-order valence-electron chi connectivity index (χ2n) is 4.05. The number of hydrogen-bond donors (Lipinski definition) is 0. The molecule has 2 aromatic carbocycles. The summed E-state index contributed by atoms with van der Waals surface area (Å²) in [5, 5.41) is 1.00. The molecule has 5 heteroatoms. The zero-order valence-electron chi connectivity index (χ0n) is 10.6. The van der Waals surface area contributed by atoms with Crippen molar-refractivity contribution in [2.24, 2.45) is 0 Å². The van der Waals surface area contributed by atoms with E-state index in [1.54, 1.807) is 36.4 Å². The minimum atomic E-state index is -0.519. The maximum atomic E-state index is 12.0. The van der Waals surface area contributed by atoms with Gasteiger partial charge in [-0.2, -0.15) is 0 Å². The Labute approximate surface area is 127 Å². The summed E-state index contributed by atoms with van der Waals surface area (Å²) in [4.78, 5) is 0. The molecule has 0 heterocycles. The van der Waals surface area contributed by atoms with Gasteiger partial charge in [-0.05, 0) is 29.8 Å². The highest BCUT2D eigenvalue weighted by atomic mass is 35.5. The predicted molar refractivity (Wildman–Crippen MR) is 78.7 cm³/mol. The summed E-state index contributed by atoms with van der Waals surface area (Å²) in [6.45, 7) is -0.117. The Hall–Kier alpha value is -1.45. The first-order valence-corrected chi connectivity index (χ1v) is 6.80. The smallest absolute Gasteiger partial charge is 0.123 e. The number of ether oxygens (including phenoxy) is 2. The summed E-state index contributed by atoms with van der Waals surface area (Å²) in [5.41, 5.74) is 0.912. The van der Waals surface area contributed by atoms with Gasteiger partial charge in [0.1, 0.15) is 31.4 Å². The van der Waals surface area contributed by atoms with Crippen molar-refractivity contribution in [3.63, 3.8) is 0 Å². The van der Waals surface area contributed by atoms with Crippen molar-refractivity contribution in [2.75, 3.05) is 13.3 Å². The molecule has 0 bridgehead atoms. The van der Waals surface area contributed by atoms with Crippen LogP contribution in [0.3, 0.4) is 0 Å². The van der Waals surface area contributed by atoms with Crippen molar-refractivity contribution in [3.05, 3.63) is 58.1 Å². The lowest BCUT2D eigenvalue weighted by molar-refractivity contribution is 0.268. The normalized spacial score (nSPS) is 10.3. The fourth-order valence-electron chi connectivity index (χ4n) is 1.61. The molecule has 0 atom stereocenters. The fourth-order valence-corrected chi connectivity index (χ4v) is 1.93. The highest BCUT2D eigenvalue weighted by Crippen LogP contribution is 2.24. The molecule has 0 spiro atoms. The van der Waals surface area contributed by atoms with Crippen molar-refractivity contribution < 1.29 is 13.9 Å². The van der Waals surface area contributed by atoms with Crippen LogP contribution >= 0.6 is 23.2 Å². The van der Waals surface area contributed by atoms with Gasteiger partial charge in [-0.3, -0.25) is 0 Å². The third-order valence-corrected chi connectivity index (χ3v) is 3.28. The second-order valence-corrected chi connectivity index (χ2v) is 4.86. The number of rotatable bonds is 6. The highest BCUT2D eigenvalue weighted by Gasteiger charge is 2.02. The summed E-state index contributed by atoms with van der Waals surface area (Å²) < 4.78 is 22.9. The Morgan fingerprint density at radius 3 is 2.35 bits per heavy atom. The molecule has 0 amide bonds. The molecule has 0 aliphatic rings. The van der Waals surface area contributed by atoms with Gasteiger partial charge in [0.05, 0.1) is 10.0 Å². The lowest BCUT2D eigenvalue weighted by Gasteiger charge is -2.09. The Kier molecular flexibility index (Phi) is 5.50. The van der Waals surface area contributed by atoms with Gasteiger partial charge in [0.2, 0.25) is 0 Å². The van der Waals surface area contributed by atoms with E-state index in [0.717, 1.165) is 5.56 Å². The summed E-state index contributed by atoms with van der Waals surface area (Å²) >= 11 is 11.8. The second kappa shape index (κ2) is 7.36. The van der Waals surface area contributed by atoms with Crippen LogP contribution in [-0.2, 0) is 6.61 Å². The Bertz CT molecular complexity index is 576. The average molecular weight is 315 g/mol. The zero-order valence-corrected chi connectivity index (χ0v) is 12.1. The van der Waals surface area contributed by atoms with Crippen LogP contribution in [0.25, 0.3) is 0 Å². The first kappa shape index (κ1) is 14.9. The molecule has 2 rings (SSSR count). The van der Waals surface area contributed by atoms with Crippen LogP contribution in [0.5, 0.6) is 11.5 Å². The highest BCUT2D eigenvalue weighted by molar-refractivity contribution is 6.42. The van der Waals surface area contributed by atoms with E-state index in [1.807, 2.05) is 6.07 Å². The van der Waals surface area contributed by atoms with E-state index in [4.69, 9.17) is 32.7 Å². The van der Waals surface area contributed by atoms with Crippen molar-refractivity contribution >= 4 is 23.2 Å². The molecule has 2 aromatic rings. The third kappa shape index (κ3) is 4.29. The van der Waals surface area contributed by atoms with E-state index in [-0.39, 0.29) is 6.61 Å². The quantitative estimate of drug-likeness (QED) is 0.753. The molecule has 0 radical (unpaired) electrons. The SMILES string of the molecule is FCCOc1cccc(OCc2ccc(Cl)c(Cl)c2)c1. The van der Waals surface area contributed by atoms with Crippen LogP contribution in [0.2, 0.25) is 10.0 Å². The minimum absolute atomic E-state index is 0.0379. The van der Waals surface area contributed by atoms with Gasteiger partial charge in [-0.1, -0.05) is 35.3 Å². The monoisotopic (exact) mass is 314 g/mol. The maximum Gasteiger partial charge on any atom is 0.123 e. The van der Waals surface area contributed by atoms with Gasteiger partial charge in [-0.15, -0.1) is 0 Å². The standard InChI is InChI=1S/C15H13Cl2FO2/c16-14-5-4-11(8-15(14)17)10-20-13-3-1-2-12(9-13)19-7-6-18/h1-5,8-9H,6-7,10H2. The van der Waals surface area contributed by atoms with E-state index in [2.05, 4.69) is 0 Å². The van der Waals surface area contributed by atoms with E-state index >= 15 is 0 Å². The molecule has 0 unspecified atom stereocenters. The topological polar surface area (TPSA) is 18.5 Å². The van der Waals surface area contributed by atoms with Crippen LogP contribution < -0.4 is 9.47 Å². The summed E-state index contributed by atoms with van der Waals surface area (Å²) in [6, 6.07) is 12.4. The van der Waals surface area contributed by atoms with E-state index in [9.17, 15) is 4.39 Å². The largest absolute Gasteiger partial charge is 0.491 e. The van der Waals surface area contributed by atoms with Gasteiger partial charge in [-0.25, -0.2) is 4.39 Å². The molecule has 0 saturated heterocycles. The van der Waals surface area contributed by atoms with Crippen molar-refractivity contribution in [1.82, 2.24) is 0 Å². The van der Waals surface area contributed by atoms with Gasteiger partial charge < -0.3 is 9.47 Å². The van der Waals surface area contributed by atoms with Crippen LogP contribution in [0.1, 0.15) is 5.56 Å². The summed E-state index contributed by atoms with van der Waals surface area (Å²) in [7, 11) is 0. The molecule has 0 N–H and O–H groups in total. The van der Waals surface area contributed by atoms with Crippen LogP contribution in [0.4, 0.5) is 4.39 Å². The van der Waals surface area contributed by atoms with Gasteiger partial charge >= 0.3 is 0 Å². The van der Waals surface area contributed by atoms with Crippen LogP contribution in [0.15, 0.2) is 42.5 Å². The fraction of sp³-hybridized carbons (Fsp3) is 0.200. The van der Waals surface area contributed by atoms with Gasteiger partial charge in [0.15, 0.2) is 0 Å². The Morgan fingerprint density at radius 2 is 1.65 bits per heavy atom.